The molecule has 2 unspecified atom stereocenters. The fourth-order valence-corrected chi connectivity index (χ4v) is 5.76. The molecule has 5 rings (SSSR count). The molecule has 2 atom stereocenters. The van der Waals surface area contributed by atoms with Crippen LogP contribution in [0.3, 0.4) is 0 Å². The number of Topliss-reactive ketones (excluding diaryl/α,β-unsaturated/α-hetero) is 1. The fraction of sp³-hybridized carbons (Fsp3) is 0.400. The van der Waals surface area contributed by atoms with Crippen LogP contribution < -0.4 is 10.1 Å². The van der Waals surface area contributed by atoms with Crippen molar-refractivity contribution in [2.75, 3.05) is 44.6 Å². The summed E-state index contributed by atoms with van der Waals surface area (Å²) in [5.41, 5.74) is 3.48. The van der Waals surface area contributed by atoms with E-state index < -0.39 is 6.10 Å². The lowest BCUT2D eigenvalue weighted by Crippen LogP contribution is -2.47. The van der Waals surface area contributed by atoms with Gasteiger partial charge in [-0.2, -0.15) is 5.10 Å². The summed E-state index contributed by atoms with van der Waals surface area (Å²) < 4.78 is 6.09. The molecule has 0 aliphatic carbocycles. The smallest absolute Gasteiger partial charge is 0.175 e. The first-order chi connectivity index (χ1) is 18.9. The van der Waals surface area contributed by atoms with E-state index in [0.717, 1.165) is 54.1 Å². The van der Waals surface area contributed by atoms with Crippen LogP contribution in [-0.2, 0) is 4.79 Å². The molecule has 9 heteroatoms. The van der Waals surface area contributed by atoms with Gasteiger partial charge >= 0.3 is 0 Å². The molecule has 2 aromatic carbocycles. The number of carbonyl (C=O) groups excluding carboxylic acids is 1. The van der Waals surface area contributed by atoms with Crippen LogP contribution >= 0.6 is 11.6 Å². The summed E-state index contributed by atoms with van der Waals surface area (Å²) in [5.74, 6) is 1.93. The summed E-state index contributed by atoms with van der Waals surface area (Å²) >= 11 is 6.02. The highest BCUT2D eigenvalue weighted by atomic mass is 35.5. The molecule has 0 radical (unpaired) electrons. The highest BCUT2D eigenvalue weighted by Gasteiger charge is 2.38. The van der Waals surface area contributed by atoms with Crippen molar-refractivity contribution in [1.82, 2.24) is 20.0 Å². The van der Waals surface area contributed by atoms with Gasteiger partial charge in [-0.25, -0.2) is 0 Å². The molecule has 0 amide bonds. The average Bonchev–Trinajstić information content (AvgIpc) is 3.37. The number of nitrogens with one attached hydrogen (secondary N) is 2. The van der Waals surface area contributed by atoms with Crippen molar-refractivity contribution >= 4 is 23.2 Å². The zero-order valence-electron chi connectivity index (χ0n) is 22.5. The van der Waals surface area contributed by atoms with E-state index in [-0.39, 0.29) is 18.2 Å². The van der Waals surface area contributed by atoms with Crippen molar-refractivity contribution in [1.29, 1.82) is 0 Å². The Morgan fingerprint density at radius 2 is 1.90 bits per heavy atom. The van der Waals surface area contributed by atoms with Crippen LogP contribution in [0, 0.1) is 0 Å². The molecular formula is C30H36ClN5O3. The van der Waals surface area contributed by atoms with Gasteiger partial charge in [-0.3, -0.25) is 14.8 Å². The number of hydrogen-bond donors (Lipinski definition) is 3. The number of benzene rings is 2. The summed E-state index contributed by atoms with van der Waals surface area (Å²) in [6.45, 7) is 8.11. The maximum Gasteiger partial charge on any atom is 0.175 e. The molecule has 0 saturated heterocycles. The number of ketones is 1. The Bertz CT molecular complexity index is 1320. The largest absolute Gasteiger partial charge is 0.457 e. The Hall–Kier alpha value is -3.17. The summed E-state index contributed by atoms with van der Waals surface area (Å²) in [4.78, 5) is 18.0. The number of carbonyl (C=O) groups is 1. The lowest BCUT2D eigenvalue weighted by Gasteiger charge is -2.37. The van der Waals surface area contributed by atoms with Crippen molar-refractivity contribution in [3.8, 4) is 11.5 Å². The number of ether oxygens (including phenoxy) is 1. The second kappa shape index (κ2) is 12.3. The SMILES string of the molecule is CCCN(CCC)CC(O)CN1CC(=O)C2=C(C1)Nc1[nH]ncc1C2c1cccc(Oc2ccc(Cl)cc2)c1. The number of aliphatic hydroxyl groups excluding tert-OH is 1. The Morgan fingerprint density at radius 1 is 1.13 bits per heavy atom. The lowest BCUT2D eigenvalue weighted by molar-refractivity contribution is -0.117. The molecule has 2 aliphatic rings. The zero-order chi connectivity index (χ0) is 27.4. The Morgan fingerprint density at radius 3 is 2.64 bits per heavy atom. The maximum absolute atomic E-state index is 13.7. The monoisotopic (exact) mass is 549 g/mol. The maximum atomic E-state index is 13.7. The van der Waals surface area contributed by atoms with Crippen LogP contribution in [0.15, 0.2) is 66.0 Å². The van der Waals surface area contributed by atoms with Gasteiger partial charge in [-0.05, 0) is 67.9 Å². The Kier molecular flexibility index (Phi) is 8.67. The lowest BCUT2D eigenvalue weighted by atomic mass is 9.79. The summed E-state index contributed by atoms with van der Waals surface area (Å²) in [7, 11) is 0. The number of β-amino-alcohol motifs (C(OH)–C–C–N with tert-alkyl or cyclic N) is 1. The topological polar surface area (TPSA) is 93.7 Å². The molecule has 0 spiro atoms. The van der Waals surface area contributed by atoms with Crippen molar-refractivity contribution in [3.63, 3.8) is 0 Å². The molecule has 0 fully saturated rings. The number of halogens is 1. The van der Waals surface area contributed by atoms with E-state index in [9.17, 15) is 9.90 Å². The van der Waals surface area contributed by atoms with Crippen molar-refractivity contribution in [3.05, 3.63) is 82.1 Å². The van der Waals surface area contributed by atoms with Gasteiger partial charge in [-0.15, -0.1) is 0 Å². The van der Waals surface area contributed by atoms with Crippen LogP contribution in [0.4, 0.5) is 5.82 Å². The first-order valence-corrected chi connectivity index (χ1v) is 14.1. The number of anilines is 1. The molecule has 8 nitrogen and oxygen atoms in total. The summed E-state index contributed by atoms with van der Waals surface area (Å²) in [6, 6.07) is 15.1. The van der Waals surface area contributed by atoms with Crippen LogP contribution in [0.1, 0.15) is 43.7 Å². The second-order valence-electron chi connectivity index (χ2n) is 10.3. The Labute approximate surface area is 234 Å². The van der Waals surface area contributed by atoms with Gasteiger partial charge in [-0.1, -0.05) is 37.6 Å². The number of rotatable bonds is 11. The first-order valence-electron chi connectivity index (χ1n) is 13.7. The van der Waals surface area contributed by atoms with E-state index in [4.69, 9.17) is 16.3 Å². The van der Waals surface area contributed by atoms with Crippen LogP contribution in [-0.4, -0.2) is 76.3 Å². The molecule has 2 aliphatic heterocycles. The fourth-order valence-electron chi connectivity index (χ4n) is 5.64. The van der Waals surface area contributed by atoms with Crippen LogP contribution in [0.2, 0.25) is 5.02 Å². The molecule has 3 aromatic rings. The van der Waals surface area contributed by atoms with E-state index in [0.29, 0.717) is 36.2 Å². The molecule has 39 heavy (non-hydrogen) atoms. The van der Waals surface area contributed by atoms with Gasteiger partial charge in [0.15, 0.2) is 5.78 Å². The van der Waals surface area contributed by atoms with Crippen LogP contribution in [0.5, 0.6) is 11.5 Å². The zero-order valence-corrected chi connectivity index (χ0v) is 23.2. The van der Waals surface area contributed by atoms with E-state index in [1.807, 2.05) is 41.3 Å². The summed E-state index contributed by atoms with van der Waals surface area (Å²) in [5, 5.41) is 22.2. The average molecular weight is 550 g/mol. The van der Waals surface area contributed by atoms with E-state index in [1.54, 1.807) is 18.3 Å². The van der Waals surface area contributed by atoms with Crippen LogP contribution in [0.25, 0.3) is 0 Å². The summed E-state index contributed by atoms with van der Waals surface area (Å²) in [6.07, 6.45) is 3.36. The number of hydrogen-bond acceptors (Lipinski definition) is 7. The van der Waals surface area contributed by atoms with Gasteiger partial charge in [0.2, 0.25) is 0 Å². The number of aliphatic hydroxyl groups is 1. The Balaban J connectivity index is 1.37. The standard InChI is InChI=1S/C30H36ClN5O3/c1-3-12-35(13-4-2)16-22(37)17-36-18-26-29(27(38)19-36)28(25-15-32-34-30(25)33-26)20-6-5-7-24(14-20)39-23-10-8-21(31)9-11-23/h5-11,14-15,22,28,37H,3-4,12-13,16-19H2,1-2H3,(H2,32,33,34). The number of fused-ring (bicyclic) bond motifs is 1. The van der Waals surface area contributed by atoms with E-state index in [1.165, 1.54) is 0 Å². The predicted octanol–water partition coefficient (Wildman–Crippen LogP) is 5.03. The number of nitrogens with zero attached hydrogens (tertiary/aromatic N) is 3. The molecular weight excluding hydrogens is 514 g/mol. The van der Waals surface area contributed by atoms with Crippen molar-refractivity contribution < 1.29 is 14.6 Å². The minimum absolute atomic E-state index is 0.0517. The molecule has 3 heterocycles. The third kappa shape index (κ3) is 6.36. The highest BCUT2D eigenvalue weighted by molar-refractivity contribution is 6.30. The van der Waals surface area contributed by atoms with Crippen molar-refractivity contribution in [2.45, 2.75) is 38.7 Å². The van der Waals surface area contributed by atoms with Gasteiger partial charge in [0.1, 0.15) is 17.3 Å². The molecule has 1 aromatic heterocycles. The highest BCUT2D eigenvalue weighted by Crippen LogP contribution is 2.43. The molecule has 3 N–H and O–H groups in total. The molecule has 0 saturated carbocycles. The van der Waals surface area contributed by atoms with Gasteiger partial charge in [0.05, 0.1) is 18.8 Å². The predicted molar refractivity (Wildman–Crippen MR) is 154 cm³/mol. The normalized spacial score (nSPS) is 18.1. The second-order valence-corrected chi connectivity index (χ2v) is 10.8. The van der Waals surface area contributed by atoms with Gasteiger partial charge in [0.25, 0.3) is 0 Å². The minimum Gasteiger partial charge on any atom is -0.457 e. The van der Waals surface area contributed by atoms with Gasteiger partial charge in [0, 0.05) is 47.4 Å². The van der Waals surface area contributed by atoms with Gasteiger partial charge < -0.3 is 20.1 Å². The molecule has 0 bridgehead atoms. The number of aromatic amines is 1. The number of H-pyrrole nitrogens is 1. The van der Waals surface area contributed by atoms with Crippen molar-refractivity contribution in [2.24, 2.45) is 0 Å². The van der Waals surface area contributed by atoms with E-state index >= 15 is 0 Å². The third-order valence-electron chi connectivity index (χ3n) is 7.18. The number of aromatic nitrogens is 2. The first kappa shape index (κ1) is 27.4. The van der Waals surface area contributed by atoms with E-state index in [2.05, 4.69) is 34.3 Å². The quantitative estimate of drug-likeness (QED) is 0.309. The molecule has 206 valence electrons. The third-order valence-corrected chi connectivity index (χ3v) is 7.43. The minimum atomic E-state index is -0.526.